The fourth-order valence-corrected chi connectivity index (χ4v) is 7.08. The molecule has 0 radical (unpaired) electrons. The maximum Gasteiger partial charge on any atom is 0.253 e. The Labute approximate surface area is 266 Å². The smallest absolute Gasteiger partial charge is 0.253 e. The number of pyridine rings is 1. The lowest BCUT2D eigenvalue weighted by Crippen LogP contribution is -2.50. The van der Waals surface area contributed by atoms with Crippen LogP contribution in [0.2, 0.25) is 0 Å². The van der Waals surface area contributed by atoms with Crippen molar-refractivity contribution < 1.29 is 19.1 Å². The zero-order valence-electron chi connectivity index (χ0n) is 26.7. The number of carbonyl (C=O) groups is 2. The molecule has 45 heavy (non-hydrogen) atoms. The summed E-state index contributed by atoms with van der Waals surface area (Å²) in [5.41, 5.74) is 4.37. The van der Waals surface area contributed by atoms with E-state index in [2.05, 4.69) is 34.3 Å². The third-order valence-corrected chi connectivity index (χ3v) is 9.64. The van der Waals surface area contributed by atoms with Crippen molar-refractivity contribution in [3.8, 4) is 11.5 Å². The number of hydrogen-bond acceptors (Lipinski definition) is 7. The van der Waals surface area contributed by atoms with Gasteiger partial charge >= 0.3 is 0 Å². The van der Waals surface area contributed by atoms with Gasteiger partial charge in [-0.15, -0.1) is 0 Å². The van der Waals surface area contributed by atoms with Crippen LogP contribution in [0, 0.1) is 6.92 Å². The normalized spacial score (nSPS) is 20.1. The van der Waals surface area contributed by atoms with Gasteiger partial charge in [-0.25, -0.2) is 4.98 Å². The molecular formula is C36H45N5O4. The van der Waals surface area contributed by atoms with Crippen LogP contribution in [-0.4, -0.2) is 72.7 Å². The summed E-state index contributed by atoms with van der Waals surface area (Å²) < 4.78 is 11.6. The molecule has 0 aliphatic carbocycles. The number of piperidine rings is 1. The lowest BCUT2D eigenvalue weighted by atomic mass is 9.96. The summed E-state index contributed by atoms with van der Waals surface area (Å²) in [6, 6.07) is 16.4. The summed E-state index contributed by atoms with van der Waals surface area (Å²) in [7, 11) is 0. The predicted octanol–water partition coefficient (Wildman–Crippen LogP) is 4.91. The first-order valence-electron chi connectivity index (χ1n) is 16.5. The highest BCUT2D eigenvalue weighted by Crippen LogP contribution is 2.39. The molecule has 238 valence electrons. The van der Waals surface area contributed by atoms with Crippen molar-refractivity contribution in [2.24, 2.45) is 0 Å². The van der Waals surface area contributed by atoms with Crippen molar-refractivity contribution in [2.45, 2.75) is 77.5 Å². The van der Waals surface area contributed by atoms with Gasteiger partial charge in [-0.05, 0) is 87.2 Å². The molecule has 2 N–H and O–H groups in total. The highest BCUT2D eigenvalue weighted by molar-refractivity contribution is 5.97. The number of benzene rings is 2. The number of aromatic nitrogens is 1. The number of likely N-dealkylation sites (N-methyl/N-ethyl adjacent to an activating group) is 1. The number of anilines is 1. The second kappa shape index (κ2) is 13.9. The lowest BCUT2D eigenvalue weighted by Gasteiger charge is -2.40. The molecule has 2 bridgehead atoms. The second-order valence-corrected chi connectivity index (χ2v) is 12.4. The SMILES string of the molecule is CCN(CC)CCOc1ccc(CNC(=O)c2ccc(N3[C@@H]4CC[C@H]3CC(NC(=O)c3ccc5c(c3C)OCC5)C4)nc2)cc1. The van der Waals surface area contributed by atoms with E-state index in [9.17, 15) is 9.59 Å². The predicted molar refractivity (Wildman–Crippen MR) is 175 cm³/mol. The molecule has 2 saturated heterocycles. The van der Waals surface area contributed by atoms with E-state index in [4.69, 9.17) is 14.5 Å². The van der Waals surface area contributed by atoms with Crippen molar-refractivity contribution in [3.05, 3.63) is 82.5 Å². The molecule has 6 rings (SSSR count). The van der Waals surface area contributed by atoms with Crippen molar-refractivity contribution in [2.75, 3.05) is 37.7 Å². The highest BCUT2D eigenvalue weighted by Gasteiger charge is 2.42. The van der Waals surface area contributed by atoms with Gasteiger partial charge in [0.25, 0.3) is 11.8 Å². The first-order valence-corrected chi connectivity index (χ1v) is 16.5. The van der Waals surface area contributed by atoms with Crippen LogP contribution in [0.1, 0.15) is 76.9 Å². The first kappa shape index (κ1) is 30.9. The van der Waals surface area contributed by atoms with E-state index in [1.807, 2.05) is 55.5 Å². The van der Waals surface area contributed by atoms with Gasteiger partial charge in [0.15, 0.2) is 0 Å². The topological polar surface area (TPSA) is 96.0 Å². The largest absolute Gasteiger partial charge is 0.493 e. The number of amides is 2. The standard InChI is InChI=1S/C36H45N5O4/c1-4-40(5-2)17-19-44-31-12-6-25(7-13-31)22-38-35(42)27-9-15-33(37-23-27)41-29-10-11-30(41)21-28(20-29)39-36(43)32-14-8-26-16-18-45-34(26)24(32)3/h6-9,12-15,23,28-30H,4-5,10-11,16-22H2,1-3H3,(H,38,42)(H,39,43)/t28?,29-,30+. The van der Waals surface area contributed by atoms with Gasteiger partial charge < -0.3 is 29.9 Å². The Kier molecular flexibility index (Phi) is 9.54. The molecule has 2 fully saturated rings. The van der Waals surface area contributed by atoms with E-state index in [0.29, 0.717) is 43.0 Å². The lowest BCUT2D eigenvalue weighted by molar-refractivity contribution is 0.0923. The minimum Gasteiger partial charge on any atom is -0.493 e. The van der Waals surface area contributed by atoms with Crippen LogP contribution in [0.25, 0.3) is 0 Å². The number of carbonyl (C=O) groups excluding carboxylic acids is 2. The zero-order valence-corrected chi connectivity index (χ0v) is 26.7. The quantitative estimate of drug-likeness (QED) is 0.301. The molecule has 3 aliphatic rings. The average Bonchev–Trinajstić information content (AvgIpc) is 3.65. The van der Waals surface area contributed by atoms with Crippen LogP contribution in [0.5, 0.6) is 11.5 Å². The minimum absolute atomic E-state index is 0.0210. The molecule has 3 aliphatic heterocycles. The molecule has 9 nitrogen and oxygen atoms in total. The fraction of sp³-hybridized carbons (Fsp3) is 0.472. The third-order valence-electron chi connectivity index (χ3n) is 9.64. The van der Waals surface area contributed by atoms with Gasteiger partial charge in [0, 0.05) is 55.0 Å². The molecule has 2 aromatic carbocycles. The Morgan fingerprint density at radius 3 is 2.44 bits per heavy atom. The Morgan fingerprint density at radius 2 is 1.76 bits per heavy atom. The van der Waals surface area contributed by atoms with Crippen LogP contribution in [0.4, 0.5) is 5.82 Å². The van der Waals surface area contributed by atoms with Gasteiger partial charge in [-0.2, -0.15) is 0 Å². The Balaban J connectivity index is 0.986. The molecule has 1 unspecified atom stereocenters. The molecule has 9 heteroatoms. The van der Waals surface area contributed by atoms with E-state index < -0.39 is 0 Å². The molecule has 2 amide bonds. The molecule has 4 heterocycles. The van der Waals surface area contributed by atoms with Crippen molar-refractivity contribution in [1.82, 2.24) is 20.5 Å². The molecule has 0 saturated carbocycles. The summed E-state index contributed by atoms with van der Waals surface area (Å²) in [5.74, 6) is 2.44. The summed E-state index contributed by atoms with van der Waals surface area (Å²) in [5, 5.41) is 6.31. The van der Waals surface area contributed by atoms with Crippen molar-refractivity contribution in [3.63, 3.8) is 0 Å². The Morgan fingerprint density at radius 1 is 1.00 bits per heavy atom. The number of hydrogen-bond donors (Lipinski definition) is 2. The van der Waals surface area contributed by atoms with Gasteiger partial charge in [-0.3, -0.25) is 9.59 Å². The molecule has 1 aromatic heterocycles. The van der Waals surface area contributed by atoms with E-state index in [0.717, 1.165) is 80.2 Å². The van der Waals surface area contributed by atoms with Crippen LogP contribution in [-0.2, 0) is 13.0 Å². The summed E-state index contributed by atoms with van der Waals surface area (Å²) in [6.07, 6.45) is 6.49. The summed E-state index contributed by atoms with van der Waals surface area (Å²) >= 11 is 0. The zero-order chi connectivity index (χ0) is 31.3. The maximum absolute atomic E-state index is 13.2. The van der Waals surface area contributed by atoms with Crippen molar-refractivity contribution in [1.29, 1.82) is 0 Å². The first-order chi connectivity index (χ1) is 21.9. The number of rotatable bonds is 12. The average molecular weight is 612 g/mol. The van der Waals surface area contributed by atoms with Gasteiger partial charge in [-0.1, -0.05) is 32.0 Å². The van der Waals surface area contributed by atoms with Crippen LogP contribution < -0.4 is 25.0 Å². The van der Waals surface area contributed by atoms with Crippen molar-refractivity contribution >= 4 is 17.6 Å². The van der Waals surface area contributed by atoms with E-state index in [-0.39, 0.29) is 17.9 Å². The maximum atomic E-state index is 13.2. The van der Waals surface area contributed by atoms with Gasteiger partial charge in [0.05, 0.1) is 12.2 Å². The number of fused-ring (bicyclic) bond motifs is 3. The third kappa shape index (κ3) is 6.93. The highest BCUT2D eigenvalue weighted by atomic mass is 16.5. The van der Waals surface area contributed by atoms with Crippen LogP contribution in [0.3, 0.4) is 0 Å². The monoisotopic (exact) mass is 611 g/mol. The van der Waals surface area contributed by atoms with Crippen LogP contribution >= 0.6 is 0 Å². The summed E-state index contributed by atoms with van der Waals surface area (Å²) in [4.78, 5) is 35.5. The second-order valence-electron chi connectivity index (χ2n) is 12.4. The molecule has 3 aromatic rings. The Bertz CT molecular complexity index is 1470. The molecule has 3 atom stereocenters. The van der Waals surface area contributed by atoms with E-state index in [1.54, 1.807) is 6.20 Å². The summed E-state index contributed by atoms with van der Waals surface area (Å²) in [6.45, 7) is 11.0. The van der Waals surface area contributed by atoms with Gasteiger partial charge in [0.2, 0.25) is 0 Å². The van der Waals surface area contributed by atoms with Gasteiger partial charge in [0.1, 0.15) is 23.9 Å². The van der Waals surface area contributed by atoms with Crippen LogP contribution in [0.15, 0.2) is 54.7 Å². The number of nitrogens with one attached hydrogen (secondary N) is 2. The van der Waals surface area contributed by atoms with E-state index in [1.165, 1.54) is 5.56 Å². The Hall–Kier alpha value is -4.11. The van der Waals surface area contributed by atoms with E-state index >= 15 is 0 Å². The molecule has 0 spiro atoms. The number of ether oxygens (including phenoxy) is 2. The molecular weight excluding hydrogens is 566 g/mol. The minimum atomic E-state index is -0.148. The fourth-order valence-electron chi connectivity index (χ4n) is 7.08. The number of nitrogens with zero attached hydrogens (tertiary/aromatic N) is 3.